The maximum Gasteiger partial charge on any atom is 0.295 e. The van der Waals surface area contributed by atoms with E-state index in [2.05, 4.69) is 0 Å². The van der Waals surface area contributed by atoms with Gasteiger partial charge in [0, 0.05) is 12.1 Å². The third kappa shape index (κ3) is 5.77. The van der Waals surface area contributed by atoms with Gasteiger partial charge in [-0.2, -0.15) is 0 Å². The molecule has 8 nitrogen and oxygen atoms in total. The SMILES string of the molecule is CCCOc1ccc(/C(O)=C2/C(=O)C(=O)N(CCCN(C)C)C2c2ccc(OC)c(OC)c2)cc1. The van der Waals surface area contributed by atoms with Gasteiger partial charge < -0.3 is 29.1 Å². The highest BCUT2D eigenvalue weighted by Gasteiger charge is 2.46. The molecule has 0 aliphatic carbocycles. The van der Waals surface area contributed by atoms with Crippen LogP contribution in [0.2, 0.25) is 0 Å². The summed E-state index contributed by atoms with van der Waals surface area (Å²) in [5.41, 5.74) is 1.14. The molecular formula is C27H34N2O6. The lowest BCUT2D eigenvalue weighted by atomic mass is 9.95. The lowest BCUT2D eigenvalue weighted by molar-refractivity contribution is -0.139. The van der Waals surface area contributed by atoms with Crippen LogP contribution in [-0.2, 0) is 9.59 Å². The first-order valence-electron chi connectivity index (χ1n) is 11.7. The summed E-state index contributed by atoms with van der Waals surface area (Å²) in [5, 5.41) is 11.2. The van der Waals surface area contributed by atoms with Crippen molar-refractivity contribution in [1.29, 1.82) is 0 Å². The Morgan fingerprint density at radius 3 is 2.31 bits per heavy atom. The van der Waals surface area contributed by atoms with E-state index in [1.807, 2.05) is 25.9 Å². The van der Waals surface area contributed by atoms with E-state index < -0.39 is 17.7 Å². The number of likely N-dealkylation sites (tertiary alicyclic amines) is 1. The van der Waals surface area contributed by atoms with Gasteiger partial charge in [0.15, 0.2) is 11.5 Å². The van der Waals surface area contributed by atoms with E-state index in [-0.39, 0.29) is 11.3 Å². The zero-order valence-corrected chi connectivity index (χ0v) is 21.0. The standard InChI is InChI=1S/C27H34N2O6/c1-6-16-35-20-11-8-18(9-12-20)25(30)23-24(19-10-13-21(33-4)22(17-19)34-5)29(27(32)26(23)31)15-7-14-28(2)3/h8-13,17,24,30H,6-7,14-16H2,1-5H3/b25-23-. The summed E-state index contributed by atoms with van der Waals surface area (Å²) in [5.74, 6) is 0.112. The minimum absolute atomic E-state index is 0.0503. The van der Waals surface area contributed by atoms with Crippen LogP contribution in [0.25, 0.3) is 5.76 Å². The predicted octanol–water partition coefficient (Wildman–Crippen LogP) is 3.87. The normalized spacial score (nSPS) is 17.2. The first-order chi connectivity index (χ1) is 16.8. The number of hydrogen-bond acceptors (Lipinski definition) is 7. The van der Waals surface area contributed by atoms with Crippen molar-refractivity contribution in [1.82, 2.24) is 9.80 Å². The maximum absolute atomic E-state index is 13.2. The number of amides is 1. The van der Waals surface area contributed by atoms with Crippen LogP contribution in [0.15, 0.2) is 48.0 Å². The molecule has 8 heteroatoms. The van der Waals surface area contributed by atoms with E-state index in [1.165, 1.54) is 12.0 Å². The predicted molar refractivity (Wildman–Crippen MR) is 134 cm³/mol. The summed E-state index contributed by atoms with van der Waals surface area (Å²) in [7, 11) is 6.97. The monoisotopic (exact) mass is 482 g/mol. The van der Waals surface area contributed by atoms with E-state index >= 15 is 0 Å². The van der Waals surface area contributed by atoms with Crippen LogP contribution in [-0.4, -0.2) is 74.6 Å². The van der Waals surface area contributed by atoms with Crippen molar-refractivity contribution in [3.63, 3.8) is 0 Å². The Labute approximate surface area is 206 Å². The molecule has 1 unspecified atom stereocenters. The number of methoxy groups -OCH3 is 2. The van der Waals surface area contributed by atoms with Gasteiger partial charge in [-0.25, -0.2) is 0 Å². The fraction of sp³-hybridized carbons (Fsp3) is 0.407. The molecule has 0 spiro atoms. The molecule has 0 radical (unpaired) electrons. The highest BCUT2D eigenvalue weighted by atomic mass is 16.5. The second-order valence-corrected chi connectivity index (χ2v) is 8.64. The number of ketones is 1. The van der Waals surface area contributed by atoms with Gasteiger partial charge in [0.25, 0.3) is 11.7 Å². The summed E-state index contributed by atoms with van der Waals surface area (Å²) in [6.45, 7) is 3.72. The van der Waals surface area contributed by atoms with E-state index in [4.69, 9.17) is 14.2 Å². The van der Waals surface area contributed by atoms with E-state index in [0.717, 1.165) is 13.0 Å². The zero-order valence-electron chi connectivity index (χ0n) is 21.0. The third-order valence-electron chi connectivity index (χ3n) is 5.87. The largest absolute Gasteiger partial charge is 0.507 e. The van der Waals surface area contributed by atoms with Gasteiger partial charge in [0.2, 0.25) is 0 Å². The Kier molecular flexibility index (Phi) is 8.76. The molecule has 2 aromatic carbocycles. The Balaban J connectivity index is 2.08. The summed E-state index contributed by atoms with van der Waals surface area (Å²) in [6, 6.07) is 11.3. The van der Waals surface area contributed by atoms with Gasteiger partial charge in [0.05, 0.1) is 32.4 Å². The third-order valence-corrected chi connectivity index (χ3v) is 5.87. The first-order valence-corrected chi connectivity index (χ1v) is 11.7. The molecule has 35 heavy (non-hydrogen) atoms. The Morgan fingerprint density at radius 1 is 1.03 bits per heavy atom. The number of carbonyl (C=O) groups excluding carboxylic acids is 2. The van der Waals surface area contributed by atoms with Gasteiger partial charge in [0.1, 0.15) is 11.5 Å². The fourth-order valence-electron chi connectivity index (χ4n) is 4.12. The number of aliphatic hydroxyl groups excluding tert-OH is 1. The second kappa shape index (κ2) is 11.8. The molecule has 2 aromatic rings. The summed E-state index contributed by atoms with van der Waals surface area (Å²) in [4.78, 5) is 29.8. The van der Waals surface area contributed by atoms with Crippen LogP contribution < -0.4 is 14.2 Å². The molecule has 1 amide bonds. The lowest BCUT2D eigenvalue weighted by Gasteiger charge is -2.26. The van der Waals surface area contributed by atoms with Crippen molar-refractivity contribution in [2.45, 2.75) is 25.8 Å². The number of hydrogen-bond donors (Lipinski definition) is 1. The molecule has 0 aromatic heterocycles. The van der Waals surface area contributed by atoms with Gasteiger partial charge in [-0.05, 0) is 75.4 Å². The van der Waals surface area contributed by atoms with Crippen molar-refractivity contribution < 1.29 is 28.9 Å². The van der Waals surface area contributed by atoms with Crippen molar-refractivity contribution in [2.75, 3.05) is 48.0 Å². The van der Waals surface area contributed by atoms with Crippen LogP contribution in [0.5, 0.6) is 17.2 Å². The average Bonchev–Trinajstić information content (AvgIpc) is 3.11. The van der Waals surface area contributed by atoms with Crippen LogP contribution in [0.3, 0.4) is 0 Å². The maximum atomic E-state index is 13.2. The number of ether oxygens (including phenoxy) is 3. The molecule has 1 saturated heterocycles. The van der Waals surface area contributed by atoms with Crippen molar-refractivity contribution in [3.8, 4) is 17.2 Å². The molecule has 1 aliphatic heterocycles. The number of benzene rings is 2. The Hall–Kier alpha value is -3.52. The zero-order chi connectivity index (χ0) is 25.5. The topological polar surface area (TPSA) is 88.5 Å². The highest BCUT2D eigenvalue weighted by Crippen LogP contribution is 2.42. The van der Waals surface area contributed by atoms with Crippen LogP contribution in [0.4, 0.5) is 0 Å². The molecule has 0 saturated carbocycles. The van der Waals surface area contributed by atoms with Crippen molar-refractivity contribution in [2.24, 2.45) is 0 Å². The Morgan fingerprint density at radius 2 is 1.71 bits per heavy atom. The van der Waals surface area contributed by atoms with Crippen LogP contribution in [0.1, 0.15) is 36.9 Å². The number of aliphatic hydroxyl groups is 1. The van der Waals surface area contributed by atoms with E-state index in [9.17, 15) is 14.7 Å². The lowest BCUT2D eigenvalue weighted by Crippen LogP contribution is -2.32. The molecule has 1 aliphatic rings. The van der Waals surface area contributed by atoms with Crippen LogP contribution in [0, 0.1) is 0 Å². The molecule has 1 heterocycles. The number of nitrogens with zero attached hydrogens (tertiary/aromatic N) is 2. The summed E-state index contributed by atoms with van der Waals surface area (Å²) < 4.78 is 16.4. The fourth-order valence-corrected chi connectivity index (χ4v) is 4.12. The van der Waals surface area contributed by atoms with Gasteiger partial charge in [-0.3, -0.25) is 9.59 Å². The van der Waals surface area contributed by atoms with Crippen LogP contribution >= 0.6 is 0 Å². The first kappa shape index (κ1) is 26.1. The molecule has 0 bridgehead atoms. The number of Topliss-reactive ketones (excluding diaryl/α,β-unsaturated/α-hetero) is 1. The van der Waals surface area contributed by atoms with E-state index in [1.54, 1.807) is 49.6 Å². The summed E-state index contributed by atoms with van der Waals surface area (Å²) >= 11 is 0. The summed E-state index contributed by atoms with van der Waals surface area (Å²) in [6.07, 6.45) is 1.55. The minimum Gasteiger partial charge on any atom is -0.507 e. The average molecular weight is 483 g/mol. The Bertz CT molecular complexity index is 1080. The highest BCUT2D eigenvalue weighted by molar-refractivity contribution is 6.46. The molecule has 1 atom stereocenters. The molecule has 3 rings (SSSR count). The van der Waals surface area contributed by atoms with Crippen molar-refractivity contribution >= 4 is 17.4 Å². The second-order valence-electron chi connectivity index (χ2n) is 8.64. The minimum atomic E-state index is -0.756. The molecular weight excluding hydrogens is 448 g/mol. The molecule has 1 N–H and O–H groups in total. The van der Waals surface area contributed by atoms with Gasteiger partial charge >= 0.3 is 0 Å². The number of carbonyl (C=O) groups is 2. The smallest absolute Gasteiger partial charge is 0.295 e. The van der Waals surface area contributed by atoms with E-state index in [0.29, 0.717) is 47.9 Å². The molecule has 1 fully saturated rings. The van der Waals surface area contributed by atoms with Gasteiger partial charge in [-0.1, -0.05) is 13.0 Å². The van der Waals surface area contributed by atoms with Crippen molar-refractivity contribution in [3.05, 3.63) is 59.2 Å². The molecule has 188 valence electrons. The number of rotatable bonds is 11. The van der Waals surface area contributed by atoms with Gasteiger partial charge in [-0.15, -0.1) is 0 Å². The quantitative estimate of drug-likeness (QED) is 0.296.